The fourth-order valence-corrected chi connectivity index (χ4v) is 2.29. The first kappa shape index (κ1) is 13.7. The van der Waals surface area contributed by atoms with Crippen LogP contribution in [0.25, 0.3) is 10.4 Å². The molecule has 1 heterocycles. The largest absolute Gasteiger partial charge is 1.00 e. The molecule has 16 heavy (non-hydrogen) atoms. The normalized spacial score (nSPS) is 9.56. The average molecular weight is 261 g/mol. The minimum atomic E-state index is -1.16. The molecular formula is C11H6ClNaO2S. The summed E-state index contributed by atoms with van der Waals surface area (Å²) in [6, 6.07) is 10.3. The smallest absolute Gasteiger partial charge is 0.545 e. The van der Waals surface area contributed by atoms with Crippen LogP contribution in [0.1, 0.15) is 10.4 Å². The van der Waals surface area contributed by atoms with E-state index in [1.165, 1.54) is 23.5 Å². The van der Waals surface area contributed by atoms with E-state index in [2.05, 4.69) is 0 Å². The zero-order chi connectivity index (χ0) is 10.8. The first-order valence-corrected chi connectivity index (χ1v) is 5.43. The Bertz CT molecular complexity index is 493. The Morgan fingerprint density at radius 2 is 1.75 bits per heavy atom. The molecule has 0 radical (unpaired) electrons. The van der Waals surface area contributed by atoms with E-state index < -0.39 is 5.97 Å². The number of thiophene rings is 1. The van der Waals surface area contributed by atoms with E-state index in [9.17, 15) is 9.90 Å². The van der Waals surface area contributed by atoms with E-state index in [1.807, 2.05) is 12.1 Å². The molecule has 1 aromatic heterocycles. The molecule has 0 saturated heterocycles. The molecule has 0 aliphatic heterocycles. The van der Waals surface area contributed by atoms with Crippen molar-refractivity contribution >= 4 is 28.9 Å². The molecule has 0 bridgehead atoms. The van der Waals surface area contributed by atoms with Gasteiger partial charge in [-0.05, 0) is 23.3 Å². The minimum Gasteiger partial charge on any atom is -0.545 e. The summed E-state index contributed by atoms with van der Waals surface area (Å²) < 4.78 is 0.717. The summed E-state index contributed by atoms with van der Waals surface area (Å²) in [4.78, 5) is 11.5. The molecule has 2 nitrogen and oxygen atoms in total. The van der Waals surface area contributed by atoms with Crippen molar-refractivity contribution in [2.45, 2.75) is 0 Å². The van der Waals surface area contributed by atoms with Gasteiger partial charge in [0.25, 0.3) is 0 Å². The number of carbonyl (C=O) groups excluding carboxylic acids is 1. The minimum absolute atomic E-state index is 0. The van der Waals surface area contributed by atoms with E-state index in [0.717, 1.165) is 10.4 Å². The number of halogens is 1. The van der Waals surface area contributed by atoms with Crippen molar-refractivity contribution in [1.29, 1.82) is 0 Å². The van der Waals surface area contributed by atoms with E-state index in [1.54, 1.807) is 12.1 Å². The number of hydrogen-bond donors (Lipinski definition) is 0. The molecule has 0 N–H and O–H groups in total. The van der Waals surface area contributed by atoms with Crippen molar-refractivity contribution in [3.8, 4) is 10.4 Å². The summed E-state index contributed by atoms with van der Waals surface area (Å²) in [6.45, 7) is 0. The number of benzene rings is 1. The Balaban J connectivity index is 0.00000128. The van der Waals surface area contributed by atoms with Crippen molar-refractivity contribution in [2.75, 3.05) is 0 Å². The molecule has 0 aliphatic rings. The SMILES string of the molecule is O=C([O-])c1ccc(-c2ccc(Cl)s2)cc1.[Na+]. The van der Waals surface area contributed by atoms with Gasteiger partial charge >= 0.3 is 29.6 Å². The number of aromatic carboxylic acids is 1. The van der Waals surface area contributed by atoms with E-state index >= 15 is 0 Å². The van der Waals surface area contributed by atoms with Gasteiger partial charge in [-0.1, -0.05) is 35.9 Å². The summed E-state index contributed by atoms with van der Waals surface area (Å²) in [6.07, 6.45) is 0. The summed E-state index contributed by atoms with van der Waals surface area (Å²) in [5, 5.41) is 10.5. The summed E-state index contributed by atoms with van der Waals surface area (Å²) in [5.41, 5.74) is 1.14. The van der Waals surface area contributed by atoms with Crippen LogP contribution < -0.4 is 34.7 Å². The van der Waals surface area contributed by atoms with Crippen LogP contribution in [0.5, 0.6) is 0 Å². The first-order valence-electron chi connectivity index (χ1n) is 4.24. The predicted molar refractivity (Wildman–Crippen MR) is 59.1 cm³/mol. The van der Waals surface area contributed by atoms with Crippen LogP contribution in [0.2, 0.25) is 4.34 Å². The van der Waals surface area contributed by atoms with Crippen LogP contribution in [-0.2, 0) is 0 Å². The fraction of sp³-hybridized carbons (Fsp3) is 0. The van der Waals surface area contributed by atoms with Gasteiger partial charge in [-0.2, -0.15) is 0 Å². The maximum atomic E-state index is 10.5. The molecule has 0 fully saturated rings. The van der Waals surface area contributed by atoms with Gasteiger partial charge in [0.2, 0.25) is 0 Å². The number of carboxylic acid groups (broad SMARTS) is 1. The Hall–Kier alpha value is -0.320. The zero-order valence-corrected chi connectivity index (χ0v) is 12.1. The van der Waals surface area contributed by atoms with Gasteiger partial charge in [0.05, 0.1) is 10.3 Å². The van der Waals surface area contributed by atoms with Crippen LogP contribution >= 0.6 is 22.9 Å². The second-order valence-corrected chi connectivity index (χ2v) is 4.68. The summed E-state index contributed by atoms with van der Waals surface area (Å²) in [7, 11) is 0. The monoisotopic (exact) mass is 260 g/mol. The first-order chi connectivity index (χ1) is 7.16. The van der Waals surface area contributed by atoms with E-state index in [0.29, 0.717) is 4.34 Å². The van der Waals surface area contributed by atoms with E-state index in [4.69, 9.17) is 11.6 Å². The Morgan fingerprint density at radius 3 is 2.19 bits per heavy atom. The number of carboxylic acids is 1. The molecule has 0 amide bonds. The maximum Gasteiger partial charge on any atom is 1.00 e. The van der Waals surface area contributed by atoms with Crippen molar-refractivity contribution in [3.63, 3.8) is 0 Å². The third-order valence-electron chi connectivity index (χ3n) is 1.98. The van der Waals surface area contributed by atoms with Crippen LogP contribution in [0.3, 0.4) is 0 Å². The van der Waals surface area contributed by atoms with Gasteiger partial charge in [0, 0.05) is 4.88 Å². The Labute approximate surface area is 124 Å². The number of hydrogen-bond acceptors (Lipinski definition) is 3. The number of carbonyl (C=O) groups is 1. The molecule has 5 heteroatoms. The maximum absolute atomic E-state index is 10.5. The number of rotatable bonds is 2. The topological polar surface area (TPSA) is 40.1 Å². The summed E-state index contributed by atoms with van der Waals surface area (Å²) >= 11 is 7.26. The molecule has 0 saturated carbocycles. The van der Waals surface area contributed by atoms with Gasteiger partial charge in [-0.3, -0.25) is 0 Å². The van der Waals surface area contributed by atoms with Crippen molar-refractivity contribution in [2.24, 2.45) is 0 Å². The van der Waals surface area contributed by atoms with E-state index in [-0.39, 0.29) is 35.1 Å². The van der Waals surface area contributed by atoms with Crippen molar-refractivity contribution in [1.82, 2.24) is 0 Å². The van der Waals surface area contributed by atoms with Gasteiger partial charge in [-0.25, -0.2) is 0 Å². The Kier molecular flexibility index (Phi) is 5.02. The molecule has 76 valence electrons. The van der Waals surface area contributed by atoms with Gasteiger partial charge in [0.1, 0.15) is 0 Å². The fourth-order valence-electron chi connectivity index (χ4n) is 1.24. The average Bonchev–Trinajstić information content (AvgIpc) is 2.65. The van der Waals surface area contributed by atoms with Crippen molar-refractivity contribution in [3.05, 3.63) is 46.3 Å². The quantitative estimate of drug-likeness (QED) is 0.679. The molecule has 0 atom stereocenters. The van der Waals surface area contributed by atoms with Crippen LogP contribution in [0.15, 0.2) is 36.4 Å². The second kappa shape index (κ2) is 5.84. The third-order valence-corrected chi connectivity index (χ3v) is 3.26. The van der Waals surface area contributed by atoms with Gasteiger partial charge in [-0.15, -0.1) is 11.3 Å². The van der Waals surface area contributed by atoms with Crippen molar-refractivity contribution < 1.29 is 39.5 Å². The molecular weight excluding hydrogens is 255 g/mol. The molecule has 0 unspecified atom stereocenters. The van der Waals surface area contributed by atoms with Crippen LogP contribution in [-0.4, -0.2) is 5.97 Å². The molecule has 2 aromatic rings. The molecule has 2 rings (SSSR count). The molecule has 1 aromatic carbocycles. The molecule has 0 aliphatic carbocycles. The van der Waals surface area contributed by atoms with Gasteiger partial charge in [0.15, 0.2) is 0 Å². The van der Waals surface area contributed by atoms with Crippen LogP contribution in [0.4, 0.5) is 0 Å². The Morgan fingerprint density at radius 1 is 1.12 bits per heavy atom. The van der Waals surface area contributed by atoms with Crippen LogP contribution in [0, 0.1) is 0 Å². The summed E-state index contributed by atoms with van der Waals surface area (Å²) in [5.74, 6) is -1.16. The third kappa shape index (κ3) is 3.09. The molecule has 0 spiro atoms. The zero-order valence-electron chi connectivity index (χ0n) is 8.57. The van der Waals surface area contributed by atoms with Gasteiger partial charge < -0.3 is 9.90 Å². The second-order valence-electron chi connectivity index (χ2n) is 2.97. The predicted octanol–water partition coefficient (Wildman–Crippen LogP) is -0.564. The standard InChI is InChI=1S/C11H7ClO2S.Na/c12-10-6-5-9(15-10)7-1-3-8(4-2-7)11(13)14;/h1-6H,(H,13,14);/q;+1/p-1.